The van der Waals surface area contributed by atoms with Crippen LogP contribution in [0.25, 0.3) is 0 Å². The number of likely N-dealkylation sites (tertiary alicyclic amines) is 1. The number of nitrogens with zero attached hydrogens (tertiary/aromatic N) is 1. The van der Waals surface area contributed by atoms with Crippen molar-refractivity contribution in [2.75, 3.05) is 13.1 Å². The lowest BCUT2D eigenvalue weighted by Gasteiger charge is -2.25. The van der Waals surface area contributed by atoms with Crippen LogP contribution in [0.5, 0.6) is 0 Å². The number of benzene rings is 1. The Balaban J connectivity index is 2.20. The molecule has 16 heavy (non-hydrogen) atoms. The maximum absolute atomic E-state index is 6.26. The third kappa shape index (κ3) is 2.47. The van der Waals surface area contributed by atoms with Crippen LogP contribution in [0, 0.1) is 0 Å². The van der Waals surface area contributed by atoms with Crippen molar-refractivity contribution < 1.29 is 0 Å². The zero-order valence-corrected chi connectivity index (χ0v) is 10.5. The molecule has 0 N–H and O–H groups in total. The zero-order valence-electron chi connectivity index (χ0n) is 9.75. The minimum absolute atomic E-state index is 0.477. The van der Waals surface area contributed by atoms with Crippen molar-refractivity contribution in [3.8, 4) is 0 Å². The van der Waals surface area contributed by atoms with Crippen molar-refractivity contribution in [1.29, 1.82) is 0 Å². The lowest BCUT2D eigenvalue weighted by atomic mass is 10.0. The summed E-state index contributed by atoms with van der Waals surface area (Å²) in [5.41, 5.74) is 2.49. The maximum Gasteiger partial charge on any atom is 0.0453 e. The summed E-state index contributed by atoms with van der Waals surface area (Å²) in [7, 11) is 0. The highest BCUT2D eigenvalue weighted by atomic mass is 35.5. The van der Waals surface area contributed by atoms with Crippen LogP contribution in [-0.2, 0) is 0 Å². The van der Waals surface area contributed by atoms with Gasteiger partial charge in [-0.25, -0.2) is 0 Å². The molecule has 1 aromatic rings. The van der Waals surface area contributed by atoms with E-state index in [0.717, 1.165) is 18.1 Å². The Hall–Kier alpha value is -0.790. The average molecular weight is 236 g/mol. The van der Waals surface area contributed by atoms with Crippen molar-refractivity contribution in [3.63, 3.8) is 0 Å². The van der Waals surface area contributed by atoms with Gasteiger partial charge >= 0.3 is 0 Å². The first-order valence-electron chi connectivity index (χ1n) is 5.81. The minimum atomic E-state index is 0.477. The van der Waals surface area contributed by atoms with Gasteiger partial charge < -0.3 is 0 Å². The van der Waals surface area contributed by atoms with E-state index in [-0.39, 0.29) is 0 Å². The first-order valence-corrected chi connectivity index (χ1v) is 6.19. The highest BCUT2D eigenvalue weighted by Crippen LogP contribution is 2.35. The Morgan fingerprint density at radius 1 is 1.50 bits per heavy atom. The van der Waals surface area contributed by atoms with Crippen molar-refractivity contribution in [2.45, 2.75) is 25.8 Å². The van der Waals surface area contributed by atoms with Gasteiger partial charge in [-0.15, -0.1) is 0 Å². The van der Waals surface area contributed by atoms with Crippen molar-refractivity contribution in [3.05, 3.63) is 47.0 Å². The molecule has 1 heterocycles. The molecule has 0 bridgehead atoms. The average Bonchev–Trinajstić information content (AvgIpc) is 2.66. The molecule has 0 amide bonds. The standard InChI is InChI=1S/C14H18ClN/c1-11(2)10-16-9-5-8-14(16)12-6-3-4-7-13(12)15/h3-4,6-7,14H,1,5,8-10H2,2H3. The molecule has 0 spiro atoms. The molecule has 1 aliphatic heterocycles. The molecule has 1 unspecified atom stereocenters. The Kier molecular flexibility index (Phi) is 3.67. The van der Waals surface area contributed by atoms with Crippen LogP contribution in [0.4, 0.5) is 0 Å². The van der Waals surface area contributed by atoms with Crippen LogP contribution in [0.2, 0.25) is 5.02 Å². The Morgan fingerprint density at radius 2 is 2.25 bits per heavy atom. The predicted molar refractivity (Wildman–Crippen MR) is 69.8 cm³/mol. The summed E-state index contributed by atoms with van der Waals surface area (Å²) in [6, 6.07) is 8.66. The van der Waals surface area contributed by atoms with Crippen LogP contribution in [0.3, 0.4) is 0 Å². The second-order valence-electron chi connectivity index (χ2n) is 4.61. The van der Waals surface area contributed by atoms with Gasteiger partial charge in [0.05, 0.1) is 0 Å². The molecule has 1 atom stereocenters. The lowest BCUT2D eigenvalue weighted by Crippen LogP contribution is -2.25. The highest BCUT2D eigenvalue weighted by Gasteiger charge is 2.26. The molecule has 2 rings (SSSR count). The Bertz CT molecular complexity index is 386. The van der Waals surface area contributed by atoms with Gasteiger partial charge in [0, 0.05) is 17.6 Å². The molecule has 0 aromatic heterocycles. The molecule has 0 saturated carbocycles. The second-order valence-corrected chi connectivity index (χ2v) is 5.01. The summed E-state index contributed by atoms with van der Waals surface area (Å²) in [4.78, 5) is 2.48. The van der Waals surface area contributed by atoms with E-state index in [0.29, 0.717) is 6.04 Å². The van der Waals surface area contributed by atoms with E-state index in [2.05, 4.69) is 30.5 Å². The number of hydrogen-bond acceptors (Lipinski definition) is 1. The van der Waals surface area contributed by atoms with E-state index in [1.165, 1.54) is 24.0 Å². The minimum Gasteiger partial charge on any atom is -0.292 e. The fourth-order valence-electron chi connectivity index (χ4n) is 2.46. The topological polar surface area (TPSA) is 3.24 Å². The van der Waals surface area contributed by atoms with Gasteiger partial charge in [-0.1, -0.05) is 42.0 Å². The molecule has 1 fully saturated rings. The van der Waals surface area contributed by atoms with Crippen molar-refractivity contribution in [2.24, 2.45) is 0 Å². The molecule has 1 saturated heterocycles. The summed E-state index contributed by atoms with van der Waals surface area (Å²) >= 11 is 6.26. The van der Waals surface area contributed by atoms with E-state index < -0.39 is 0 Å². The van der Waals surface area contributed by atoms with Crippen LogP contribution >= 0.6 is 11.6 Å². The van der Waals surface area contributed by atoms with Gasteiger partial charge in [0.1, 0.15) is 0 Å². The molecule has 1 aliphatic rings. The largest absolute Gasteiger partial charge is 0.292 e. The van der Waals surface area contributed by atoms with Gasteiger partial charge in [0.2, 0.25) is 0 Å². The van der Waals surface area contributed by atoms with E-state index in [4.69, 9.17) is 11.6 Å². The van der Waals surface area contributed by atoms with Gasteiger partial charge in [-0.05, 0) is 37.9 Å². The molecule has 0 aliphatic carbocycles. The summed E-state index contributed by atoms with van der Waals surface area (Å²) in [6.07, 6.45) is 2.46. The molecular formula is C14H18ClN. The molecule has 0 radical (unpaired) electrons. The van der Waals surface area contributed by atoms with Crippen LogP contribution < -0.4 is 0 Å². The SMILES string of the molecule is C=C(C)CN1CCCC1c1ccccc1Cl. The summed E-state index contributed by atoms with van der Waals surface area (Å²) in [5, 5.41) is 0.890. The van der Waals surface area contributed by atoms with Crippen LogP contribution in [0.15, 0.2) is 36.4 Å². The second kappa shape index (κ2) is 5.03. The fraction of sp³-hybridized carbons (Fsp3) is 0.429. The van der Waals surface area contributed by atoms with E-state index in [1.807, 2.05) is 12.1 Å². The third-order valence-electron chi connectivity index (χ3n) is 3.10. The normalized spacial score (nSPS) is 21.2. The highest BCUT2D eigenvalue weighted by molar-refractivity contribution is 6.31. The molecule has 1 nitrogen and oxygen atoms in total. The summed E-state index contributed by atoms with van der Waals surface area (Å²) in [5.74, 6) is 0. The number of halogens is 1. The quantitative estimate of drug-likeness (QED) is 0.715. The smallest absolute Gasteiger partial charge is 0.0453 e. The molecule has 2 heteroatoms. The molecule has 86 valence electrons. The first kappa shape index (κ1) is 11.7. The number of rotatable bonds is 3. The van der Waals surface area contributed by atoms with Gasteiger partial charge in [0.15, 0.2) is 0 Å². The summed E-state index contributed by atoms with van der Waals surface area (Å²) in [6.45, 7) is 8.22. The third-order valence-corrected chi connectivity index (χ3v) is 3.45. The monoisotopic (exact) mass is 235 g/mol. The van der Waals surface area contributed by atoms with Crippen LogP contribution in [0.1, 0.15) is 31.4 Å². The maximum atomic E-state index is 6.26. The Labute approximate surface area is 103 Å². The first-order chi connectivity index (χ1) is 7.68. The Morgan fingerprint density at radius 3 is 2.94 bits per heavy atom. The van der Waals surface area contributed by atoms with Crippen molar-refractivity contribution >= 4 is 11.6 Å². The predicted octanol–water partition coefficient (Wildman–Crippen LogP) is 4.05. The van der Waals surface area contributed by atoms with Gasteiger partial charge in [0.25, 0.3) is 0 Å². The van der Waals surface area contributed by atoms with E-state index in [9.17, 15) is 0 Å². The van der Waals surface area contributed by atoms with Crippen molar-refractivity contribution in [1.82, 2.24) is 4.90 Å². The van der Waals surface area contributed by atoms with Gasteiger partial charge in [-0.2, -0.15) is 0 Å². The van der Waals surface area contributed by atoms with Gasteiger partial charge in [-0.3, -0.25) is 4.90 Å². The summed E-state index contributed by atoms with van der Waals surface area (Å²) < 4.78 is 0. The molecule has 1 aromatic carbocycles. The fourth-order valence-corrected chi connectivity index (χ4v) is 2.72. The van der Waals surface area contributed by atoms with Crippen LogP contribution in [-0.4, -0.2) is 18.0 Å². The molecular weight excluding hydrogens is 218 g/mol. The lowest BCUT2D eigenvalue weighted by molar-refractivity contribution is 0.280. The number of hydrogen-bond donors (Lipinski definition) is 0. The zero-order chi connectivity index (χ0) is 11.5. The van der Waals surface area contributed by atoms with E-state index in [1.54, 1.807) is 0 Å². The van der Waals surface area contributed by atoms with E-state index >= 15 is 0 Å².